The average molecular weight is 338 g/mol. The Morgan fingerprint density at radius 2 is 2.00 bits per heavy atom. The number of sulfonamides is 1. The Hall–Kier alpha value is -1.07. The molecule has 0 saturated heterocycles. The monoisotopic (exact) mass is 338 g/mol. The van der Waals surface area contributed by atoms with Gasteiger partial charge in [-0.2, -0.15) is 0 Å². The maximum absolute atomic E-state index is 12.2. The number of ether oxygens (including phenoxy) is 3. The SMILES string of the molecule is CCOC(CNS(=O)(=O)c1scnc1C(=O)OC)OCC. The molecular weight excluding hydrogens is 320 g/mol. The molecule has 0 amide bonds. The summed E-state index contributed by atoms with van der Waals surface area (Å²) in [5, 5.41) is 0. The quantitative estimate of drug-likeness (QED) is 0.519. The number of hydrogen-bond acceptors (Lipinski definition) is 8. The summed E-state index contributed by atoms with van der Waals surface area (Å²) in [4.78, 5) is 15.2. The van der Waals surface area contributed by atoms with Crippen LogP contribution in [0.5, 0.6) is 0 Å². The van der Waals surface area contributed by atoms with Gasteiger partial charge >= 0.3 is 5.97 Å². The van der Waals surface area contributed by atoms with E-state index in [1.807, 2.05) is 0 Å². The van der Waals surface area contributed by atoms with Crippen molar-refractivity contribution < 1.29 is 27.4 Å². The van der Waals surface area contributed by atoms with Gasteiger partial charge in [0.05, 0.1) is 19.2 Å². The normalized spacial score (nSPS) is 11.8. The summed E-state index contributed by atoms with van der Waals surface area (Å²) in [5.74, 6) is -0.803. The Kier molecular flexibility index (Phi) is 7.18. The van der Waals surface area contributed by atoms with Crippen molar-refractivity contribution in [2.45, 2.75) is 24.3 Å². The molecule has 0 saturated carbocycles. The second-order valence-corrected chi connectivity index (χ2v) is 6.49. The molecule has 0 spiro atoms. The first kappa shape index (κ1) is 18.0. The second kappa shape index (κ2) is 8.39. The third-order valence-corrected chi connectivity index (χ3v) is 5.10. The molecule has 0 atom stereocenters. The van der Waals surface area contributed by atoms with Crippen LogP contribution in [0.2, 0.25) is 0 Å². The van der Waals surface area contributed by atoms with Crippen molar-refractivity contribution in [1.29, 1.82) is 0 Å². The van der Waals surface area contributed by atoms with E-state index in [9.17, 15) is 13.2 Å². The van der Waals surface area contributed by atoms with Crippen LogP contribution in [-0.2, 0) is 24.2 Å². The number of carbonyl (C=O) groups is 1. The molecule has 1 aromatic heterocycles. The van der Waals surface area contributed by atoms with Crippen LogP contribution in [0.1, 0.15) is 24.3 Å². The first-order valence-electron chi connectivity index (χ1n) is 6.20. The van der Waals surface area contributed by atoms with Crippen LogP contribution >= 0.6 is 11.3 Å². The third kappa shape index (κ3) is 5.00. The van der Waals surface area contributed by atoms with Gasteiger partial charge in [-0.05, 0) is 13.8 Å². The van der Waals surface area contributed by atoms with E-state index in [4.69, 9.17) is 9.47 Å². The van der Waals surface area contributed by atoms with Crippen LogP contribution in [0.25, 0.3) is 0 Å². The van der Waals surface area contributed by atoms with Gasteiger partial charge in [0.1, 0.15) is 0 Å². The highest BCUT2D eigenvalue weighted by Gasteiger charge is 2.27. The molecule has 0 aliphatic rings. The Morgan fingerprint density at radius 3 is 2.52 bits per heavy atom. The van der Waals surface area contributed by atoms with Gasteiger partial charge in [0.2, 0.25) is 0 Å². The van der Waals surface area contributed by atoms with E-state index in [1.54, 1.807) is 13.8 Å². The lowest BCUT2D eigenvalue weighted by Crippen LogP contribution is -2.35. The molecule has 0 aliphatic heterocycles. The number of thiazole rings is 1. The van der Waals surface area contributed by atoms with E-state index in [0.29, 0.717) is 13.2 Å². The summed E-state index contributed by atoms with van der Waals surface area (Å²) in [5.41, 5.74) is 1.03. The molecule has 8 nitrogen and oxygen atoms in total. The summed E-state index contributed by atoms with van der Waals surface area (Å²) in [6, 6.07) is 0. The molecule has 0 unspecified atom stereocenters. The van der Waals surface area contributed by atoms with Crippen molar-refractivity contribution in [3.63, 3.8) is 0 Å². The number of nitrogens with one attached hydrogen (secondary N) is 1. The highest BCUT2D eigenvalue weighted by molar-refractivity contribution is 7.91. The minimum atomic E-state index is -3.89. The molecule has 1 aromatic rings. The Labute approximate surface area is 127 Å². The highest BCUT2D eigenvalue weighted by atomic mass is 32.2. The molecule has 1 rings (SSSR count). The van der Waals surface area contributed by atoms with Crippen molar-refractivity contribution in [3.05, 3.63) is 11.2 Å². The number of rotatable bonds is 9. The molecule has 0 radical (unpaired) electrons. The number of methoxy groups -OCH3 is 1. The van der Waals surface area contributed by atoms with E-state index < -0.39 is 22.3 Å². The predicted molar refractivity (Wildman–Crippen MR) is 75.7 cm³/mol. The number of aromatic nitrogens is 1. The Morgan fingerprint density at radius 1 is 1.38 bits per heavy atom. The zero-order valence-corrected chi connectivity index (χ0v) is 13.6. The predicted octanol–water partition coefficient (Wildman–Crippen LogP) is 0.607. The zero-order valence-electron chi connectivity index (χ0n) is 12.0. The second-order valence-electron chi connectivity index (χ2n) is 3.67. The molecule has 21 heavy (non-hydrogen) atoms. The first-order valence-corrected chi connectivity index (χ1v) is 8.57. The smallest absolute Gasteiger partial charge is 0.358 e. The standard InChI is InChI=1S/C11H18N2O6S2/c1-4-18-8(19-5-2)6-13-21(15,16)11-9(10(14)17-3)12-7-20-11/h7-8,13H,4-6H2,1-3H3. The Balaban J connectivity index is 2.82. The van der Waals surface area contributed by atoms with Crippen LogP contribution in [0.4, 0.5) is 0 Å². The van der Waals surface area contributed by atoms with Gasteiger partial charge < -0.3 is 14.2 Å². The van der Waals surface area contributed by atoms with Crippen LogP contribution in [0.3, 0.4) is 0 Å². The summed E-state index contributed by atoms with van der Waals surface area (Å²) >= 11 is 0.835. The van der Waals surface area contributed by atoms with Crippen LogP contribution in [0, 0.1) is 0 Å². The zero-order chi connectivity index (χ0) is 15.9. The third-order valence-electron chi connectivity index (χ3n) is 2.30. The fourth-order valence-electron chi connectivity index (χ4n) is 1.44. The van der Waals surface area contributed by atoms with Gasteiger partial charge in [-0.15, -0.1) is 11.3 Å². The fraction of sp³-hybridized carbons (Fsp3) is 0.636. The summed E-state index contributed by atoms with van der Waals surface area (Å²) in [7, 11) is -2.73. The van der Waals surface area contributed by atoms with Gasteiger partial charge in [0, 0.05) is 13.2 Å². The molecule has 0 fully saturated rings. The molecule has 0 bridgehead atoms. The van der Waals surface area contributed by atoms with Gasteiger partial charge in [-0.25, -0.2) is 22.9 Å². The lowest BCUT2D eigenvalue weighted by atomic mass is 10.5. The van der Waals surface area contributed by atoms with Gasteiger partial charge in [-0.3, -0.25) is 0 Å². The summed E-state index contributed by atoms with van der Waals surface area (Å²) in [6.45, 7) is 4.27. The van der Waals surface area contributed by atoms with E-state index in [-0.39, 0.29) is 16.4 Å². The number of carbonyl (C=O) groups excluding carboxylic acids is 1. The van der Waals surface area contributed by atoms with Crippen LogP contribution in [-0.4, -0.2) is 52.5 Å². The van der Waals surface area contributed by atoms with E-state index in [1.165, 1.54) is 5.51 Å². The van der Waals surface area contributed by atoms with Crippen molar-refractivity contribution in [2.24, 2.45) is 0 Å². The highest BCUT2D eigenvalue weighted by Crippen LogP contribution is 2.20. The lowest BCUT2D eigenvalue weighted by Gasteiger charge is -2.17. The maximum atomic E-state index is 12.2. The minimum absolute atomic E-state index is 0.0669. The largest absolute Gasteiger partial charge is 0.464 e. The molecule has 120 valence electrons. The number of hydrogen-bond donors (Lipinski definition) is 1. The van der Waals surface area contributed by atoms with Crippen molar-refractivity contribution in [1.82, 2.24) is 9.71 Å². The first-order chi connectivity index (χ1) is 9.96. The van der Waals surface area contributed by atoms with Gasteiger partial charge in [-0.1, -0.05) is 0 Å². The topological polar surface area (TPSA) is 104 Å². The van der Waals surface area contributed by atoms with E-state index >= 15 is 0 Å². The fourth-order valence-corrected chi connectivity index (χ4v) is 3.63. The number of nitrogens with zero attached hydrogens (tertiary/aromatic N) is 1. The van der Waals surface area contributed by atoms with Crippen molar-refractivity contribution >= 4 is 27.3 Å². The lowest BCUT2D eigenvalue weighted by molar-refractivity contribution is -0.130. The summed E-state index contributed by atoms with van der Waals surface area (Å²) in [6.07, 6.45) is -0.690. The molecule has 0 aromatic carbocycles. The number of esters is 1. The molecule has 10 heteroatoms. The van der Waals surface area contributed by atoms with E-state index in [2.05, 4.69) is 14.4 Å². The van der Waals surface area contributed by atoms with E-state index in [0.717, 1.165) is 18.4 Å². The van der Waals surface area contributed by atoms with Gasteiger partial charge in [0.15, 0.2) is 16.2 Å². The maximum Gasteiger partial charge on any atom is 0.358 e. The molecule has 0 aliphatic carbocycles. The van der Waals surface area contributed by atoms with Crippen LogP contribution in [0.15, 0.2) is 9.72 Å². The molecular formula is C11H18N2O6S2. The van der Waals surface area contributed by atoms with Crippen molar-refractivity contribution in [3.8, 4) is 0 Å². The average Bonchev–Trinajstić information content (AvgIpc) is 2.95. The summed E-state index contributed by atoms with van der Waals surface area (Å²) < 4.78 is 41.5. The van der Waals surface area contributed by atoms with Gasteiger partial charge in [0.25, 0.3) is 10.0 Å². The van der Waals surface area contributed by atoms with Crippen LogP contribution < -0.4 is 4.72 Å². The van der Waals surface area contributed by atoms with Crippen molar-refractivity contribution in [2.75, 3.05) is 26.9 Å². The molecule has 1 heterocycles. The Bertz CT molecular complexity index is 551. The molecule has 1 N–H and O–H groups in total. The minimum Gasteiger partial charge on any atom is -0.464 e.